The Kier molecular flexibility index (Phi) is 7.94. The van der Waals surface area contributed by atoms with Crippen LogP contribution < -0.4 is 19.5 Å². The van der Waals surface area contributed by atoms with Crippen LogP contribution in [0.15, 0.2) is 24.3 Å². The van der Waals surface area contributed by atoms with Gasteiger partial charge in [-0.3, -0.25) is 4.79 Å². The Morgan fingerprint density at radius 3 is 2.41 bits per heavy atom. The SMILES string of the molecule is COc1ccc(-c2ccc(C(=O)NCCCOC(C)C)s2)c(OC)c1OC. The van der Waals surface area contributed by atoms with Gasteiger partial charge in [-0.1, -0.05) is 0 Å². The van der Waals surface area contributed by atoms with Gasteiger partial charge in [0.25, 0.3) is 5.91 Å². The molecule has 0 radical (unpaired) electrons. The number of hydrogen-bond donors (Lipinski definition) is 1. The zero-order valence-electron chi connectivity index (χ0n) is 16.5. The third-order valence-corrected chi connectivity index (χ3v) is 4.97. The number of benzene rings is 1. The topological polar surface area (TPSA) is 66.0 Å². The second kappa shape index (κ2) is 10.2. The van der Waals surface area contributed by atoms with Gasteiger partial charge in [0.15, 0.2) is 11.5 Å². The fourth-order valence-electron chi connectivity index (χ4n) is 2.58. The molecule has 1 aromatic carbocycles. The van der Waals surface area contributed by atoms with Crippen LogP contribution in [0.3, 0.4) is 0 Å². The second-order valence-corrected chi connectivity index (χ2v) is 7.16. The molecule has 0 unspecified atom stereocenters. The highest BCUT2D eigenvalue weighted by atomic mass is 32.1. The van der Waals surface area contributed by atoms with Crippen LogP contribution in [0.25, 0.3) is 10.4 Å². The molecular weight excluding hydrogens is 366 g/mol. The number of thiophene rings is 1. The van der Waals surface area contributed by atoms with E-state index in [1.54, 1.807) is 21.3 Å². The van der Waals surface area contributed by atoms with Crippen LogP contribution in [-0.4, -0.2) is 46.5 Å². The third-order valence-electron chi connectivity index (χ3n) is 3.86. The second-order valence-electron chi connectivity index (χ2n) is 6.07. The number of ether oxygens (including phenoxy) is 4. The van der Waals surface area contributed by atoms with E-state index in [4.69, 9.17) is 18.9 Å². The maximum atomic E-state index is 12.3. The molecule has 0 fully saturated rings. The summed E-state index contributed by atoms with van der Waals surface area (Å²) in [5.74, 6) is 1.62. The van der Waals surface area contributed by atoms with Crippen LogP contribution in [0.1, 0.15) is 29.9 Å². The molecule has 0 atom stereocenters. The fraction of sp³-hybridized carbons (Fsp3) is 0.450. The van der Waals surface area contributed by atoms with E-state index in [9.17, 15) is 4.79 Å². The monoisotopic (exact) mass is 393 g/mol. The van der Waals surface area contributed by atoms with E-state index in [0.29, 0.717) is 35.3 Å². The maximum absolute atomic E-state index is 12.3. The predicted octanol–water partition coefficient (Wildman–Crippen LogP) is 3.99. The zero-order chi connectivity index (χ0) is 19.8. The number of methoxy groups -OCH3 is 3. The van der Waals surface area contributed by atoms with Crippen molar-refractivity contribution in [2.24, 2.45) is 0 Å². The van der Waals surface area contributed by atoms with Crippen molar-refractivity contribution in [2.45, 2.75) is 26.4 Å². The molecule has 0 saturated carbocycles. The molecule has 1 aromatic heterocycles. The molecule has 1 N–H and O–H groups in total. The van der Waals surface area contributed by atoms with Gasteiger partial charge in [0.1, 0.15) is 0 Å². The van der Waals surface area contributed by atoms with Crippen LogP contribution in [-0.2, 0) is 4.74 Å². The summed E-state index contributed by atoms with van der Waals surface area (Å²) in [5, 5.41) is 2.92. The summed E-state index contributed by atoms with van der Waals surface area (Å²) in [4.78, 5) is 13.9. The van der Waals surface area contributed by atoms with Crippen molar-refractivity contribution >= 4 is 17.2 Å². The molecule has 0 aliphatic rings. The molecule has 27 heavy (non-hydrogen) atoms. The first-order valence-corrected chi connectivity index (χ1v) is 9.62. The summed E-state index contributed by atoms with van der Waals surface area (Å²) >= 11 is 1.41. The number of rotatable bonds is 10. The first-order valence-electron chi connectivity index (χ1n) is 8.80. The Morgan fingerprint density at radius 2 is 1.78 bits per heavy atom. The maximum Gasteiger partial charge on any atom is 0.261 e. The van der Waals surface area contributed by atoms with Crippen LogP contribution in [0.2, 0.25) is 0 Å². The number of carbonyl (C=O) groups excluding carboxylic acids is 1. The third kappa shape index (κ3) is 5.37. The van der Waals surface area contributed by atoms with Gasteiger partial charge in [-0.15, -0.1) is 11.3 Å². The standard InChI is InChI=1S/C20H27NO5S/c1-13(2)26-12-6-11-21-20(22)17-10-9-16(27-17)14-7-8-15(23-3)19(25-5)18(14)24-4/h7-10,13H,6,11-12H2,1-5H3,(H,21,22). The molecule has 1 amide bonds. The average molecular weight is 394 g/mol. The van der Waals surface area contributed by atoms with Crippen LogP contribution in [0.4, 0.5) is 0 Å². The summed E-state index contributed by atoms with van der Waals surface area (Å²) < 4.78 is 21.8. The molecule has 0 saturated heterocycles. The number of amides is 1. The van der Waals surface area contributed by atoms with Crippen LogP contribution in [0, 0.1) is 0 Å². The minimum Gasteiger partial charge on any atom is -0.493 e. The highest BCUT2D eigenvalue weighted by molar-refractivity contribution is 7.17. The van der Waals surface area contributed by atoms with Crippen molar-refractivity contribution in [3.63, 3.8) is 0 Å². The summed E-state index contributed by atoms with van der Waals surface area (Å²) in [6.07, 6.45) is 0.989. The van der Waals surface area contributed by atoms with Gasteiger partial charge in [0, 0.05) is 23.6 Å². The smallest absolute Gasteiger partial charge is 0.261 e. The molecule has 0 aliphatic heterocycles. The molecule has 0 aliphatic carbocycles. The first kappa shape index (κ1) is 21.1. The van der Waals surface area contributed by atoms with E-state index >= 15 is 0 Å². The van der Waals surface area contributed by atoms with Gasteiger partial charge in [-0.05, 0) is 44.5 Å². The fourth-order valence-corrected chi connectivity index (χ4v) is 3.52. The number of hydrogen-bond acceptors (Lipinski definition) is 6. The molecule has 6 nitrogen and oxygen atoms in total. The molecule has 0 bridgehead atoms. The van der Waals surface area contributed by atoms with Crippen molar-refractivity contribution in [3.8, 4) is 27.7 Å². The first-order chi connectivity index (χ1) is 13.0. The average Bonchev–Trinajstić information content (AvgIpc) is 3.15. The Bertz CT molecular complexity index is 757. The summed E-state index contributed by atoms with van der Waals surface area (Å²) in [6.45, 7) is 5.21. The predicted molar refractivity (Wildman–Crippen MR) is 107 cm³/mol. The Hall–Kier alpha value is -2.25. The molecular formula is C20H27NO5S. The molecule has 148 valence electrons. The van der Waals surface area contributed by atoms with Crippen molar-refractivity contribution in [2.75, 3.05) is 34.5 Å². The molecule has 2 rings (SSSR count). The Morgan fingerprint density at radius 1 is 1.04 bits per heavy atom. The summed E-state index contributed by atoms with van der Waals surface area (Å²) in [5.41, 5.74) is 0.851. The van der Waals surface area contributed by atoms with Crippen LogP contribution in [0.5, 0.6) is 17.2 Å². The van der Waals surface area contributed by atoms with Crippen molar-refractivity contribution in [1.82, 2.24) is 5.32 Å². The number of nitrogens with one attached hydrogen (secondary N) is 1. The lowest BCUT2D eigenvalue weighted by Crippen LogP contribution is -2.24. The van der Waals surface area contributed by atoms with E-state index in [1.807, 2.05) is 38.1 Å². The van der Waals surface area contributed by atoms with Gasteiger partial charge in [0.2, 0.25) is 5.75 Å². The summed E-state index contributed by atoms with van der Waals surface area (Å²) in [6, 6.07) is 7.45. The Labute approximate surface area is 164 Å². The highest BCUT2D eigenvalue weighted by Crippen LogP contribution is 2.45. The van der Waals surface area contributed by atoms with Crippen LogP contribution >= 0.6 is 11.3 Å². The molecule has 0 spiro atoms. The Balaban J connectivity index is 2.10. The molecule has 2 aromatic rings. The normalized spacial score (nSPS) is 10.7. The van der Waals surface area contributed by atoms with Gasteiger partial charge in [-0.2, -0.15) is 0 Å². The van der Waals surface area contributed by atoms with E-state index in [0.717, 1.165) is 16.9 Å². The number of carbonyl (C=O) groups is 1. The van der Waals surface area contributed by atoms with E-state index in [-0.39, 0.29) is 12.0 Å². The lowest BCUT2D eigenvalue weighted by Gasteiger charge is -2.14. The lowest BCUT2D eigenvalue weighted by atomic mass is 10.1. The molecule has 1 heterocycles. The van der Waals surface area contributed by atoms with E-state index < -0.39 is 0 Å². The van der Waals surface area contributed by atoms with Gasteiger partial charge in [0.05, 0.1) is 32.3 Å². The lowest BCUT2D eigenvalue weighted by molar-refractivity contribution is 0.0757. The van der Waals surface area contributed by atoms with Gasteiger partial charge < -0.3 is 24.3 Å². The van der Waals surface area contributed by atoms with E-state index in [1.165, 1.54) is 11.3 Å². The van der Waals surface area contributed by atoms with Crippen molar-refractivity contribution < 1.29 is 23.7 Å². The van der Waals surface area contributed by atoms with Gasteiger partial charge in [-0.25, -0.2) is 0 Å². The molecule has 7 heteroatoms. The van der Waals surface area contributed by atoms with E-state index in [2.05, 4.69) is 5.32 Å². The zero-order valence-corrected chi connectivity index (χ0v) is 17.3. The van der Waals surface area contributed by atoms with Crippen molar-refractivity contribution in [3.05, 3.63) is 29.1 Å². The quantitative estimate of drug-likeness (QED) is 0.619. The van der Waals surface area contributed by atoms with Gasteiger partial charge >= 0.3 is 0 Å². The minimum absolute atomic E-state index is 0.0877. The van der Waals surface area contributed by atoms with Crippen molar-refractivity contribution in [1.29, 1.82) is 0 Å². The summed E-state index contributed by atoms with van der Waals surface area (Å²) in [7, 11) is 4.73. The highest BCUT2D eigenvalue weighted by Gasteiger charge is 2.19. The minimum atomic E-state index is -0.0877. The largest absolute Gasteiger partial charge is 0.493 e.